The van der Waals surface area contributed by atoms with Crippen LogP contribution >= 0.6 is 0 Å². The lowest BCUT2D eigenvalue weighted by Gasteiger charge is -2.13. The fourth-order valence-electron chi connectivity index (χ4n) is 1.30. The molecular weight excluding hydrogens is 214 g/mol. The van der Waals surface area contributed by atoms with Gasteiger partial charge in [0, 0.05) is 12.5 Å². The third kappa shape index (κ3) is 4.24. The molecule has 90 valence electrons. The molecule has 0 fully saturated rings. The lowest BCUT2D eigenvalue weighted by molar-refractivity contribution is 0.00593. The summed E-state index contributed by atoms with van der Waals surface area (Å²) in [6, 6.07) is 3.32. The Morgan fingerprint density at radius 2 is 2.00 bits per heavy atom. The largest absolute Gasteiger partial charge is 0.390 e. The summed E-state index contributed by atoms with van der Waals surface area (Å²) in [5, 5.41) is 9.56. The highest BCUT2D eigenvalue weighted by molar-refractivity contribution is 5.19. The lowest BCUT2D eigenvalue weighted by atomic mass is 10.1. The van der Waals surface area contributed by atoms with Crippen LogP contribution in [0.1, 0.15) is 19.4 Å². The van der Waals surface area contributed by atoms with Crippen molar-refractivity contribution in [1.29, 1.82) is 0 Å². The van der Waals surface area contributed by atoms with Gasteiger partial charge in [-0.2, -0.15) is 0 Å². The molecule has 1 atom stereocenters. The number of benzene rings is 1. The Kier molecular flexibility index (Phi) is 4.83. The van der Waals surface area contributed by atoms with Crippen LogP contribution in [0.2, 0.25) is 0 Å². The van der Waals surface area contributed by atoms with Gasteiger partial charge in [-0.1, -0.05) is 6.07 Å². The monoisotopic (exact) mass is 230 g/mol. The lowest BCUT2D eigenvalue weighted by Crippen LogP contribution is -2.21. The van der Waals surface area contributed by atoms with Crippen LogP contribution in [-0.2, 0) is 11.2 Å². The number of hydrogen-bond donors (Lipinski definition) is 1. The van der Waals surface area contributed by atoms with Crippen molar-refractivity contribution in [3.63, 3.8) is 0 Å². The number of aliphatic hydroxyl groups excluding tert-OH is 1. The molecule has 0 saturated carbocycles. The van der Waals surface area contributed by atoms with Crippen LogP contribution in [0.4, 0.5) is 8.78 Å². The zero-order chi connectivity index (χ0) is 12.1. The molecule has 0 aliphatic rings. The Balaban J connectivity index is 2.52. The summed E-state index contributed by atoms with van der Waals surface area (Å²) in [6.07, 6.45) is -0.631. The highest BCUT2D eigenvalue weighted by Gasteiger charge is 2.11. The van der Waals surface area contributed by atoms with Gasteiger partial charge in [-0.3, -0.25) is 0 Å². The average molecular weight is 230 g/mol. The van der Waals surface area contributed by atoms with Crippen LogP contribution in [0, 0.1) is 11.6 Å². The standard InChI is InChI=1S/C12H16F2O2/c1-8(2)16-7-11(15)5-9-3-4-10(13)6-12(9)14/h3-4,6,8,11,15H,5,7H2,1-2H3. The molecule has 1 aromatic carbocycles. The van der Waals surface area contributed by atoms with Crippen molar-refractivity contribution in [2.75, 3.05) is 6.61 Å². The molecule has 0 spiro atoms. The predicted octanol–water partition coefficient (Wildman–Crippen LogP) is 2.29. The summed E-state index contributed by atoms with van der Waals surface area (Å²) in [6.45, 7) is 3.85. The van der Waals surface area contributed by atoms with Crippen molar-refractivity contribution < 1.29 is 18.6 Å². The van der Waals surface area contributed by atoms with Crippen molar-refractivity contribution in [3.8, 4) is 0 Å². The number of aliphatic hydroxyl groups is 1. The van der Waals surface area contributed by atoms with Crippen molar-refractivity contribution in [2.45, 2.75) is 32.5 Å². The van der Waals surface area contributed by atoms with E-state index in [1.165, 1.54) is 12.1 Å². The van der Waals surface area contributed by atoms with Gasteiger partial charge in [0.2, 0.25) is 0 Å². The normalized spacial score (nSPS) is 13.1. The topological polar surface area (TPSA) is 29.5 Å². The van der Waals surface area contributed by atoms with Crippen LogP contribution in [0.15, 0.2) is 18.2 Å². The Bertz CT molecular complexity index is 340. The molecule has 1 rings (SSSR count). The fraction of sp³-hybridized carbons (Fsp3) is 0.500. The molecule has 0 heterocycles. The minimum Gasteiger partial charge on any atom is -0.390 e. The molecule has 0 aliphatic carbocycles. The number of halogens is 2. The van der Waals surface area contributed by atoms with E-state index in [4.69, 9.17) is 4.74 Å². The SMILES string of the molecule is CC(C)OCC(O)Cc1ccc(F)cc1F. The van der Waals surface area contributed by atoms with Crippen LogP contribution in [-0.4, -0.2) is 23.9 Å². The second kappa shape index (κ2) is 5.92. The summed E-state index contributed by atoms with van der Waals surface area (Å²) in [5.41, 5.74) is 0.293. The molecule has 0 radical (unpaired) electrons. The van der Waals surface area contributed by atoms with Gasteiger partial charge in [0.15, 0.2) is 0 Å². The predicted molar refractivity (Wildman–Crippen MR) is 57.2 cm³/mol. The van der Waals surface area contributed by atoms with E-state index in [-0.39, 0.29) is 19.1 Å². The third-order valence-corrected chi connectivity index (χ3v) is 2.09. The van der Waals surface area contributed by atoms with E-state index in [1.807, 2.05) is 13.8 Å². The van der Waals surface area contributed by atoms with Gasteiger partial charge in [0.1, 0.15) is 11.6 Å². The maximum atomic E-state index is 13.2. The van der Waals surface area contributed by atoms with Gasteiger partial charge in [-0.05, 0) is 25.5 Å². The number of rotatable bonds is 5. The average Bonchev–Trinajstić information content (AvgIpc) is 2.19. The smallest absolute Gasteiger partial charge is 0.129 e. The zero-order valence-electron chi connectivity index (χ0n) is 9.41. The van der Waals surface area contributed by atoms with E-state index < -0.39 is 17.7 Å². The van der Waals surface area contributed by atoms with Crippen LogP contribution < -0.4 is 0 Å². The van der Waals surface area contributed by atoms with Crippen molar-refractivity contribution >= 4 is 0 Å². The molecule has 1 unspecified atom stereocenters. The molecular formula is C12H16F2O2. The molecule has 0 bridgehead atoms. The van der Waals surface area contributed by atoms with Crippen LogP contribution in [0.5, 0.6) is 0 Å². The second-order valence-electron chi connectivity index (χ2n) is 3.98. The first-order chi connectivity index (χ1) is 7.49. The highest BCUT2D eigenvalue weighted by Crippen LogP contribution is 2.12. The molecule has 4 heteroatoms. The molecule has 0 saturated heterocycles. The summed E-state index contributed by atoms with van der Waals surface area (Å²) in [5.74, 6) is -1.25. The first-order valence-corrected chi connectivity index (χ1v) is 5.22. The minimum absolute atomic E-state index is 0.0210. The van der Waals surface area contributed by atoms with E-state index in [2.05, 4.69) is 0 Å². The van der Waals surface area contributed by atoms with Gasteiger partial charge < -0.3 is 9.84 Å². The summed E-state index contributed by atoms with van der Waals surface area (Å²) < 4.78 is 31.0. The first-order valence-electron chi connectivity index (χ1n) is 5.22. The molecule has 16 heavy (non-hydrogen) atoms. The van der Waals surface area contributed by atoms with Gasteiger partial charge in [-0.15, -0.1) is 0 Å². The first kappa shape index (κ1) is 13.1. The Hall–Kier alpha value is -1.00. The maximum Gasteiger partial charge on any atom is 0.129 e. The Morgan fingerprint density at radius 3 is 2.56 bits per heavy atom. The molecule has 1 N–H and O–H groups in total. The van der Waals surface area contributed by atoms with Crippen molar-refractivity contribution in [2.24, 2.45) is 0 Å². The molecule has 1 aromatic rings. The molecule has 0 aromatic heterocycles. The van der Waals surface area contributed by atoms with Gasteiger partial charge in [-0.25, -0.2) is 8.78 Å². The maximum absolute atomic E-state index is 13.2. The summed E-state index contributed by atoms with van der Waals surface area (Å²) >= 11 is 0. The second-order valence-corrected chi connectivity index (χ2v) is 3.98. The molecule has 0 aliphatic heterocycles. The zero-order valence-corrected chi connectivity index (χ0v) is 9.41. The third-order valence-electron chi connectivity index (χ3n) is 2.09. The van der Waals surface area contributed by atoms with Crippen LogP contribution in [0.3, 0.4) is 0 Å². The van der Waals surface area contributed by atoms with E-state index in [0.29, 0.717) is 5.56 Å². The van der Waals surface area contributed by atoms with Gasteiger partial charge in [0.25, 0.3) is 0 Å². The van der Waals surface area contributed by atoms with E-state index in [0.717, 1.165) is 6.07 Å². The van der Waals surface area contributed by atoms with Crippen molar-refractivity contribution in [3.05, 3.63) is 35.4 Å². The summed E-state index contributed by atoms with van der Waals surface area (Å²) in [4.78, 5) is 0. The molecule has 0 amide bonds. The Labute approximate surface area is 93.9 Å². The minimum atomic E-state index is -0.776. The quantitative estimate of drug-likeness (QED) is 0.841. The number of hydrogen-bond acceptors (Lipinski definition) is 2. The highest BCUT2D eigenvalue weighted by atomic mass is 19.1. The fourth-order valence-corrected chi connectivity index (χ4v) is 1.30. The van der Waals surface area contributed by atoms with E-state index in [1.54, 1.807) is 0 Å². The van der Waals surface area contributed by atoms with E-state index in [9.17, 15) is 13.9 Å². The van der Waals surface area contributed by atoms with Crippen molar-refractivity contribution in [1.82, 2.24) is 0 Å². The van der Waals surface area contributed by atoms with Gasteiger partial charge >= 0.3 is 0 Å². The van der Waals surface area contributed by atoms with E-state index >= 15 is 0 Å². The Morgan fingerprint density at radius 1 is 1.31 bits per heavy atom. The number of ether oxygens (including phenoxy) is 1. The molecule has 2 nitrogen and oxygen atoms in total. The van der Waals surface area contributed by atoms with Crippen LogP contribution in [0.25, 0.3) is 0 Å². The summed E-state index contributed by atoms with van der Waals surface area (Å²) in [7, 11) is 0. The van der Waals surface area contributed by atoms with Gasteiger partial charge in [0.05, 0.1) is 18.8 Å².